The Balaban J connectivity index is 1.38. The minimum Gasteiger partial charge on any atom is -0.342 e. The van der Waals surface area contributed by atoms with Crippen LogP contribution in [0.1, 0.15) is 31.2 Å². The molecule has 1 aromatic carbocycles. The van der Waals surface area contributed by atoms with Crippen molar-refractivity contribution in [3.63, 3.8) is 0 Å². The maximum Gasteiger partial charge on any atom is 0.236 e. The molecule has 0 radical (unpaired) electrons. The van der Waals surface area contributed by atoms with Crippen molar-refractivity contribution in [3.8, 4) is 0 Å². The molecule has 1 saturated carbocycles. The summed E-state index contributed by atoms with van der Waals surface area (Å²) in [6, 6.07) is 11.0. The Kier molecular flexibility index (Phi) is 5.68. The highest BCUT2D eigenvalue weighted by Gasteiger charge is 2.26. The lowest BCUT2D eigenvalue weighted by atomic mass is 10.0. The zero-order valence-corrected chi connectivity index (χ0v) is 14.2. The van der Waals surface area contributed by atoms with Gasteiger partial charge in [-0.25, -0.2) is 0 Å². The zero-order chi connectivity index (χ0) is 16.1. The summed E-state index contributed by atoms with van der Waals surface area (Å²) in [4.78, 5) is 16.7. The van der Waals surface area contributed by atoms with Crippen molar-refractivity contribution in [2.75, 3.05) is 33.2 Å². The van der Waals surface area contributed by atoms with Crippen LogP contribution in [0.2, 0.25) is 0 Å². The third-order valence-corrected chi connectivity index (χ3v) is 5.15. The Morgan fingerprint density at radius 3 is 2.52 bits per heavy atom. The van der Waals surface area contributed by atoms with Gasteiger partial charge in [-0.15, -0.1) is 0 Å². The van der Waals surface area contributed by atoms with E-state index in [1.54, 1.807) is 0 Å². The van der Waals surface area contributed by atoms with E-state index in [9.17, 15) is 4.79 Å². The first kappa shape index (κ1) is 16.5. The molecule has 4 nitrogen and oxygen atoms in total. The Morgan fingerprint density at radius 1 is 1.17 bits per heavy atom. The molecule has 2 aliphatic rings. The Morgan fingerprint density at radius 2 is 1.87 bits per heavy atom. The number of hydrogen-bond donors (Lipinski definition) is 1. The van der Waals surface area contributed by atoms with Crippen LogP contribution in [-0.4, -0.2) is 55.0 Å². The summed E-state index contributed by atoms with van der Waals surface area (Å²) in [7, 11) is 1.97. The summed E-state index contributed by atoms with van der Waals surface area (Å²) in [5, 5.41) is 3.31. The van der Waals surface area contributed by atoms with Crippen LogP contribution in [0, 0.1) is 5.92 Å². The van der Waals surface area contributed by atoms with Crippen molar-refractivity contribution in [2.24, 2.45) is 5.92 Å². The second-order valence-corrected chi connectivity index (χ2v) is 7.07. The van der Waals surface area contributed by atoms with Crippen molar-refractivity contribution in [1.82, 2.24) is 15.1 Å². The molecule has 1 aliphatic carbocycles. The number of likely N-dealkylation sites (tertiary alicyclic amines) is 1. The monoisotopic (exact) mass is 315 g/mol. The van der Waals surface area contributed by atoms with Crippen LogP contribution in [0.15, 0.2) is 30.3 Å². The molecule has 126 valence electrons. The molecular weight excluding hydrogens is 286 g/mol. The summed E-state index contributed by atoms with van der Waals surface area (Å²) in [6.07, 6.45) is 4.82. The number of benzene rings is 1. The molecule has 2 fully saturated rings. The van der Waals surface area contributed by atoms with Gasteiger partial charge in [0.2, 0.25) is 5.91 Å². The largest absolute Gasteiger partial charge is 0.342 e. The smallest absolute Gasteiger partial charge is 0.236 e. The number of amides is 1. The van der Waals surface area contributed by atoms with E-state index >= 15 is 0 Å². The van der Waals surface area contributed by atoms with E-state index in [-0.39, 0.29) is 5.91 Å². The number of carbonyl (C=O) groups is 1. The fourth-order valence-electron chi connectivity index (χ4n) is 3.34. The number of piperidine rings is 1. The standard InChI is InChI=1S/C19H29N3O/c1-21(19(23)14-20-13-16-7-8-16)18-9-11-22(12-10-18)15-17-5-3-2-4-6-17/h2-6,16,18,20H,7-15H2,1H3. The van der Waals surface area contributed by atoms with Gasteiger partial charge in [-0.3, -0.25) is 9.69 Å². The van der Waals surface area contributed by atoms with Crippen molar-refractivity contribution < 1.29 is 4.79 Å². The van der Waals surface area contributed by atoms with Crippen LogP contribution in [0.5, 0.6) is 0 Å². The lowest BCUT2D eigenvalue weighted by molar-refractivity contribution is -0.131. The summed E-state index contributed by atoms with van der Waals surface area (Å²) in [6.45, 7) is 4.68. The Hall–Kier alpha value is -1.39. The molecule has 23 heavy (non-hydrogen) atoms. The molecular formula is C19H29N3O. The average Bonchev–Trinajstić information content (AvgIpc) is 3.40. The Labute approximate surface area is 139 Å². The van der Waals surface area contributed by atoms with Crippen LogP contribution < -0.4 is 5.32 Å². The molecule has 4 heteroatoms. The minimum absolute atomic E-state index is 0.243. The van der Waals surface area contributed by atoms with E-state index in [1.165, 1.54) is 18.4 Å². The van der Waals surface area contributed by atoms with E-state index in [0.717, 1.165) is 44.9 Å². The number of hydrogen-bond acceptors (Lipinski definition) is 3. The second-order valence-electron chi connectivity index (χ2n) is 7.07. The zero-order valence-electron chi connectivity index (χ0n) is 14.2. The maximum atomic E-state index is 12.3. The van der Waals surface area contributed by atoms with Crippen LogP contribution in [0.25, 0.3) is 0 Å². The number of nitrogens with zero attached hydrogens (tertiary/aromatic N) is 2. The first-order chi connectivity index (χ1) is 11.2. The summed E-state index contributed by atoms with van der Waals surface area (Å²) in [5.74, 6) is 1.07. The van der Waals surface area contributed by atoms with Gasteiger partial charge in [-0.2, -0.15) is 0 Å². The number of carbonyl (C=O) groups excluding carboxylic acids is 1. The highest BCUT2D eigenvalue weighted by atomic mass is 16.2. The lowest BCUT2D eigenvalue weighted by Gasteiger charge is -2.36. The molecule has 0 atom stereocenters. The fraction of sp³-hybridized carbons (Fsp3) is 0.632. The molecule has 1 aromatic rings. The van der Waals surface area contributed by atoms with Crippen molar-refractivity contribution >= 4 is 5.91 Å². The topological polar surface area (TPSA) is 35.6 Å². The van der Waals surface area contributed by atoms with Crippen LogP contribution >= 0.6 is 0 Å². The van der Waals surface area contributed by atoms with Crippen LogP contribution in [-0.2, 0) is 11.3 Å². The van der Waals surface area contributed by atoms with Gasteiger partial charge in [0, 0.05) is 32.7 Å². The Bertz CT molecular complexity index is 493. The predicted octanol–water partition coefficient (Wildman–Crippen LogP) is 2.11. The molecule has 1 aliphatic heterocycles. The molecule has 1 heterocycles. The number of rotatable bonds is 7. The molecule has 3 rings (SSSR count). The molecule has 0 unspecified atom stereocenters. The van der Waals surface area contributed by atoms with E-state index in [0.29, 0.717) is 12.6 Å². The van der Waals surface area contributed by atoms with Gasteiger partial charge >= 0.3 is 0 Å². The summed E-state index contributed by atoms with van der Waals surface area (Å²) in [5.41, 5.74) is 1.37. The quantitative estimate of drug-likeness (QED) is 0.837. The van der Waals surface area contributed by atoms with E-state index < -0.39 is 0 Å². The van der Waals surface area contributed by atoms with Gasteiger partial charge in [-0.05, 0) is 43.7 Å². The normalized spacial score (nSPS) is 19.7. The molecule has 0 spiro atoms. The molecule has 1 amide bonds. The summed E-state index contributed by atoms with van der Waals surface area (Å²) >= 11 is 0. The molecule has 1 saturated heterocycles. The van der Waals surface area contributed by atoms with E-state index in [4.69, 9.17) is 0 Å². The molecule has 0 bridgehead atoms. The fourth-order valence-corrected chi connectivity index (χ4v) is 3.34. The van der Waals surface area contributed by atoms with Gasteiger partial charge in [0.05, 0.1) is 6.54 Å². The molecule has 1 N–H and O–H groups in total. The van der Waals surface area contributed by atoms with Crippen molar-refractivity contribution in [2.45, 2.75) is 38.3 Å². The number of nitrogens with one attached hydrogen (secondary N) is 1. The maximum absolute atomic E-state index is 12.3. The van der Waals surface area contributed by atoms with Gasteiger partial charge in [0.1, 0.15) is 0 Å². The van der Waals surface area contributed by atoms with Gasteiger partial charge in [0.15, 0.2) is 0 Å². The van der Waals surface area contributed by atoms with E-state index in [1.807, 2.05) is 11.9 Å². The van der Waals surface area contributed by atoms with Crippen LogP contribution in [0.3, 0.4) is 0 Å². The third kappa shape index (κ3) is 5.05. The lowest BCUT2D eigenvalue weighted by Crippen LogP contribution is -2.47. The van der Waals surface area contributed by atoms with E-state index in [2.05, 4.69) is 40.5 Å². The second kappa shape index (κ2) is 7.93. The highest BCUT2D eigenvalue weighted by molar-refractivity contribution is 5.78. The third-order valence-electron chi connectivity index (χ3n) is 5.15. The predicted molar refractivity (Wildman–Crippen MR) is 93.1 cm³/mol. The highest BCUT2D eigenvalue weighted by Crippen LogP contribution is 2.27. The van der Waals surface area contributed by atoms with Gasteiger partial charge in [0.25, 0.3) is 0 Å². The van der Waals surface area contributed by atoms with Crippen LogP contribution in [0.4, 0.5) is 0 Å². The SMILES string of the molecule is CN(C(=O)CNCC1CC1)C1CCN(Cc2ccccc2)CC1. The number of likely N-dealkylation sites (N-methyl/N-ethyl adjacent to an activating group) is 1. The first-order valence-electron chi connectivity index (χ1n) is 8.95. The average molecular weight is 315 g/mol. The van der Waals surface area contributed by atoms with Gasteiger partial charge in [-0.1, -0.05) is 30.3 Å². The summed E-state index contributed by atoms with van der Waals surface area (Å²) < 4.78 is 0. The minimum atomic E-state index is 0.243. The first-order valence-corrected chi connectivity index (χ1v) is 8.95. The molecule has 0 aromatic heterocycles. The van der Waals surface area contributed by atoms with Crippen molar-refractivity contribution in [3.05, 3.63) is 35.9 Å². The van der Waals surface area contributed by atoms with Gasteiger partial charge < -0.3 is 10.2 Å². The van der Waals surface area contributed by atoms with Crippen molar-refractivity contribution in [1.29, 1.82) is 0 Å².